The van der Waals surface area contributed by atoms with Gasteiger partial charge in [-0.1, -0.05) is 35.3 Å². The highest BCUT2D eigenvalue weighted by Gasteiger charge is 2.26. The molecule has 2 heterocycles. The maximum absolute atomic E-state index is 11.2. The number of halogens is 2. The van der Waals surface area contributed by atoms with Crippen molar-refractivity contribution in [2.24, 2.45) is 0 Å². The van der Waals surface area contributed by atoms with Crippen LogP contribution in [0.25, 0.3) is 0 Å². The van der Waals surface area contributed by atoms with E-state index >= 15 is 0 Å². The van der Waals surface area contributed by atoms with Gasteiger partial charge in [0.05, 0.1) is 18.3 Å². The summed E-state index contributed by atoms with van der Waals surface area (Å²) in [4.78, 5) is 17.3. The van der Waals surface area contributed by atoms with Crippen LogP contribution in [0.1, 0.15) is 31.9 Å². The lowest BCUT2D eigenvalue weighted by molar-refractivity contribution is -0.119. The average Bonchev–Trinajstić information content (AvgIpc) is 3.05. The molecule has 0 unspecified atom stereocenters. The SMILES string of the molecule is CC(=O)N[C@@H](C)c1ccc(O[C@@H]2CCN(c3ccnc(Cl)c3Cl)C2)cc1. The van der Waals surface area contributed by atoms with Crippen molar-refractivity contribution >= 4 is 34.8 Å². The van der Waals surface area contributed by atoms with E-state index in [-0.39, 0.29) is 18.1 Å². The number of nitrogens with zero attached hydrogens (tertiary/aromatic N) is 2. The number of carbonyl (C=O) groups is 1. The number of carbonyl (C=O) groups excluding carboxylic acids is 1. The predicted octanol–water partition coefficient (Wildman–Crippen LogP) is 4.24. The van der Waals surface area contributed by atoms with Crippen molar-refractivity contribution < 1.29 is 9.53 Å². The normalized spacial score (nSPS) is 17.8. The van der Waals surface area contributed by atoms with Crippen LogP contribution in [-0.4, -0.2) is 30.1 Å². The largest absolute Gasteiger partial charge is 0.489 e. The molecule has 1 aliphatic rings. The molecule has 26 heavy (non-hydrogen) atoms. The van der Waals surface area contributed by atoms with Crippen LogP contribution in [0.2, 0.25) is 10.2 Å². The van der Waals surface area contributed by atoms with Gasteiger partial charge in [-0.3, -0.25) is 4.79 Å². The number of ether oxygens (including phenoxy) is 1. The first-order valence-corrected chi connectivity index (χ1v) is 9.28. The topological polar surface area (TPSA) is 54.5 Å². The fraction of sp³-hybridized carbons (Fsp3) is 0.368. The lowest BCUT2D eigenvalue weighted by atomic mass is 10.1. The van der Waals surface area contributed by atoms with Crippen LogP contribution in [0.4, 0.5) is 5.69 Å². The molecule has 0 spiro atoms. The number of hydrogen-bond acceptors (Lipinski definition) is 4. The number of hydrogen-bond donors (Lipinski definition) is 1. The summed E-state index contributed by atoms with van der Waals surface area (Å²) in [6.45, 7) is 5.06. The Morgan fingerprint density at radius 1 is 1.31 bits per heavy atom. The first-order chi connectivity index (χ1) is 12.4. The van der Waals surface area contributed by atoms with E-state index in [9.17, 15) is 4.79 Å². The van der Waals surface area contributed by atoms with Gasteiger partial charge in [0.1, 0.15) is 22.0 Å². The van der Waals surface area contributed by atoms with E-state index in [2.05, 4.69) is 15.2 Å². The molecule has 1 aromatic heterocycles. The van der Waals surface area contributed by atoms with Gasteiger partial charge >= 0.3 is 0 Å². The quantitative estimate of drug-likeness (QED) is 0.771. The van der Waals surface area contributed by atoms with E-state index in [4.69, 9.17) is 27.9 Å². The first-order valence-electron chi connectivity index (χ1n) is 8.52. The second-order valence-electron chi connectivity index (χ2n) is 6.40. The van der Waals surface area contributed by atoms with Crippen molar-refractivity contribution in [1.29, 1.82) is 0 Å². The maximum Gasteiger partial charge on any atom is 0.217 e. The van der Waals surface area contributed by atoms with Crippen LogP contribution in [0, 0.1) is 0 Å². The Balaban J connectivity index is 1.60. The van der Waals surface area contributed by atoms with Gasteiger partial charge in [0.2, 0.25) is 5.91 Å². The van der Waals surface area contributed by atoms with Gasteiger partial charge in [-0.2, -0.15) is 0 Å². The minimum Gasteiger partial charge on any atom is -0.489 e. The Labute approximate surface area is 163 Å². The molecule has 1 fully saturated rings. The van der Waals surface area contributed by atoms with Crippen molar-refractivity contribution in [3.8, 4) is 5.75 Å². The molecule has 7 heteroatoms. The number of rotatable bonds is 5. The minimum atomic E-state index is -0.0428. The van der Waals surface area contributed by atoms with Gasteiger partial charge in [0.15, 0.2) is 0 Å². The van der Waals surface area contributed by atoms with Crippen LogP contribution in [0.5, 0.6) is 5.75 Å². The van der Waals surface area contributed by atoms with E-state index in [1.165, 1.54) is 6.92 Å². The average molecular weight is 394 g/mol. The van der Waals surface area contributed by atoms with Crippen molar-refractivity contribution in [1.82, 2.24) is 10.3 Å². The molecule has 138 valence electrons. The van der Waals surface area contributed by atoms with Gasteiger partial charge < -0.3 is 15.0 Å². The second kappa shape index (κ2) is 8.14. The number of benzene rings is 1. The molecule has 2 atom stereocenters. The van der Waals surface area contributed by atoms with Crippen LogP contribution >= 0.6 is 23.2 Å². The highest BCUT2D eigenvalue weighted by molar-refractivity contribution is 6.42. The first kappa shape index (κ1) is 18.8. The Bertz CT molecular complexity index is 783. The minimum absolute atomic E-state index is 0.0258. The lowest BCUT2D eigenvalue weighted by Gasteiger charge is -2.20. The predicted molar refractivity (Wildman–Crippen MR) is 104 cm³/mol. The molecule has 1 N–H and O–H groups in total. The number of aromatic nitrogens is 1. The highest BCUT2D eigenvalue weighted by atomic mass is 35.5. The molecule has 1 aliphatic heterocycles. The summed E-state index contributed by atoms with van der Waals surface area (Å²) >= 11 is 12.3. The van der Waals surface area contributed by atoms with Crippen LogP contribution in [-0.2, 0) is 4.79 Å². The summed E-state index contributed by atoms with van der Waals surface area (Å²) in [5.41, 5.74) is 1.93. The van der Waals surface area contributed by atoms with Gasteiger partial charge in [0, 0.05) is 26.1 Å². The fourth-order valence-corrected chi connectivity index (χ4v) is 3.50. The van der Waals surface area contributed by atoms with Crippen LogP contribution < -0.4 is 15.0 Å². The van der Waals surface area contributed by atoms with Gasteiger partial charge in [0.25, 0.3) is 0 Å². The van der Waals surface area contributed by atoms with E-state index in [1.54, 1.807) is 6.20 Å². The van der Waals surface area contributed by atoms with E-state index in [0.29, 0.717) is 10.2 Å². The van der Waals surface area contributed by atoms with Crippen LogP contribution in [0.15, 0.2) is 36.5 Å². The van der Waals surface area contributed by atoms with E-state index < -0.39 is 0 Å². The fourth-order valence-electron chi connectivity index (χ4n) is 3.11. The highest BCUT2D eigenvalue weighted by Crippen LogP contribution is 2.33. The molecule has 1 aromatic carbocycles. The Hall–Kier alpha value is -1.98. The molecule has 0 radical (unpaired) electrons. The summed E-state index contributed by atoms with van der Waals surface area (Å²) in [7, 11) is 0. The summed E-state index contributed by atoms with van der Waals surface area (Å²) < 4.78 is 6.09. The van der Waals surface area contributed by atoms with Gasteiger partial charge in [-0.15, -0.1) is 0 Å². The third kappa shape index (κ3) is 4.40. The molecule has 1 amide bonds. The number of pyridine rings is 1. The van der Waals surface area contributed by atoms with Gasteiger partial charge in [-0.05, 0) is 30.7 Å². The third-order valence-electron chi connectivity index (χ3n) is 4.41. The second-order valence-corrected chi connectivity index (χ2v) is 7.14. The summed E-state index contributed by atoms with van der Waals surface area (Å²) in [6.07, 6.45) is 2.64. The van der Waals surface area contributed by atoms with Crippen molar-refractivity contribution in [3.05, 3.63) is 52.3 Å². The molecule has 3 rings (SSSR count). The summed E-state index contributed by atoms with van der Waals surface area (Å²) in [5.74, 6) is 0.772. The Morgan fingerprint density at radius 3 is 2.73 bits per heavy atom. The monoisotopic (exact) mass is 393 g/mol. The molecule has 1 saturated heterocycles. The van der Waals surface area contributed by atoms with E-state index in [0.717, 1.165) is 36.5 Å². The molecule has 5 nitrogen and oxygen atoms in total. The Morgan fingerprint density at radius 2 is 2.04 bits per heavy atom. The standard InChI is InChI=1S/C19H21Cl2N3O2/c1-12(23-13(2)25)14-3-5-15(6-4-14)26-16-8-10-24(11-16)17-7-9-22-19(21)18(17)20/h3-7,9,12,16H,8,10-11H2,1-2H3,(H,23,25)/t12-,16+/m0/s1. The van der Waals surface area contributed by atoms with Crippen molar-refractivity contribution in [2.45, 2.75) is 32.4 Å². The number of anilines is 1. The third-order valence-corrected chi connectivity index (χ3v) is 5.17. The number of nitrogens with one attached hydrogen (secondary N) is 1. The van der Waals surface area contributed by atoms with Crippen LogP contribution in [0.3, 0.4) is 0 Å². The zero-order chi connectivity index (χ0) is 18.7. The maximum atomic E-state index is 11.2. The summed E-state index contributed by atoms with van der Waals surface area (Å²) in [6, 6.07) is 9.67. The molecule has 0 aliphatic carbocycles. The molecular weight excluding hydrogens is 373 g/mol. The molecule has 2 aromatic rings. The Kier molecular flexibility index (Phi) is 5.89. The smallest absolute Gasteiger partial charge is 0.217 e. The zero-order valence-corrected chi connectivity index (χ0v) is 16.2. The molecule has 0 bridgehead atoms. The molecular formula is C19H21Cl2N3O2. The van der Waals surface area contributed by atoms with Crippen molar-refractivity contribution in [3.63, 3.8) is 0 Å². The van der Waals surface area contributed by atoms with E-state index in [1.807, 2.05) is 37.3 Å². The zero-order valence-electron chi connectivity index (χ0n) is 14.7. The number of amides is 1. The molecule has 0 saturated carbocycles. The summed E-state index contributed by atoms with van der Waals surface area (Å²) in [5, 5.41) is 3.67. The van der Waals surface area contributed by atoms with Gasteiger partial charge in [-0.25, -0.2) is 4.98 Å². The van der Waals surface area contributed by atoms with Crippen molar-refractivity contribution in [2.75, 3.05) is 18.0 Å². The lowest BCUT2D eigenvalue weighted by Crippen LogP contribution is -2.25.